The molecule has 7 nitrogen and oxygen atoms in total. The smallest absolute Gasteiger partial charge is 0.308 e. The summed E-state index contributed by atoms with van der Waals surface area (Å²) in [5.41, 5.74) is -0.110. The zero-order valence-corrected chi connectivity index (χ0v) is 16.1. The number of esters is 1. The second kappa shape index (κ2) is 14.3. The topological polar surface area (TPSA) is 76.0 Å². The van der Waals surface area contributed by atoms with Gasteiger partial charge in [0.25, 0.3) is 5.56 Å². The Morgan fingerprint density at radius 3 is 2.32 bits per heavy atom. The first-order chi connectivity index (χ1) is 12.1. The summed E-state index contributed by atoms with van der Waals surface area (Å²) in [6.45, 7) is 5.52. The first-order valence-corrected chi connectivity index (χ1v) is 9.54. The number of carbonyl (C=O) groups is 1. The highest BCUT2D eigenvalue weighted by Crippen LogP contribution is 2.11. The highest BCUT2D eigenvalue weighted by molar-refractivity contribution is 7.11. The summed E-state index contributed by atoms with van der Waals surface area (Å²) in [4.78, 5) is 22.7. The lowest BCUT2D eigenvalue weighted by Gasteiger charge is -2.07. The second-order valence-electron chi connectivity index (χ2n) is 5.14. The maximum absolute atomic E-state index is 11.4. The molecule has 0 bridgehead atoms. The van der Waals surface area contributed by atoms with Crippen molar-refractivity contribution in [2.24, 2.45) is 0 Å². The van der Waals surface area contributed by atoms with Gasteiger partial charge in [0.05, 0.1) is 59.2 Å². The lowest BCUT2D eigenvalue weighted by Crippen LogP contribution is -2.17. The van der Waals surface area contributed by atoms with Crippen LogP contribution in [0.1, 0.15) is 26.2 Å². The highest BCUT2D eigenvalue weighted by Gasteiger charge is 2.03. The average molecular weight is 396 g/mol. The number of carbonyl (C=O) groups excluding carboxylic acids is 1. The van der Waals surface area contributed by atoms with E-state index >= 15 is 0 Å². The zero-order valence-electron chi connectivity index (χ0n) is 14.5. The third-order valence-corrected chi connectivity index (χ3v) is 4.27. The summed E-state index contributed by atoms with van der Waals surface area (Å²) < 4.78 is 23.1. The van der Waals surface area contributed by atoms with Crippen LogP contribution in [0.2, 0.25) is 4.34 Å². The Bertz CT molecular complexity index is 533. The van der Waals surface area contributed by atoms with Crippen LogP contribution in [-0.2, 0) is 30.3 Å². The fraction of sp³-hybridized carbons (Fsp3) is 0.750. The molecule has 9 heteroatoms. The molecule has 0 unspecified atom stereocenters. The van der Waals surface area contributed by atoms with Crippen molar-refractivity contribution < 1.29 is 23.7 Å². The van der Waals surface area contributed by atoms with E-state index in [-0.39, 0.29) is 17.9 Å². The van der Waals surface area contributed by atoms with Crippen molar-refractivity contribution in [1.82, 2.24) is 3.96 Å². The van der Waals surface area contributed by atoms with Gasteiger partial charge in [0, 0.05) is 6.07 Å². The van der Waals surface area contributed by atoms with Crippen LogP contribution < -0.4 is 5.56 Å². The average Bonchev–Trinajstić information content (AvgIpc) is 2.90. The Balaban J connectivity index is 1.83. The largest absolute Gasteiger partial charge is 0.466 e. The van der Waals surface area contributed by atoms with Gasteiger partial charge in [-0.1, -0.05) is 24.9 Å². The molecule has 1 heterocycles. The summed E-state index contributed by atoms with van der Waals surface area (Å²) in [6, 6.07) is 1.39. The molecule has 0 aliphatic heterocycles. The maximum Gasteiger partial charge on any atom is 0.308 e. The first-order valence-electron chi connectivity index (χ1n) is 8.39. The number of hydrogen-bond acceptors (Lipinski definition) is 7. The maximum atomic E-state index is 11.4. The Morgan fingerprint density at radius 2 is 1.72 bits per heavy atom. The predicted octanol–water partition coefficient (Wildman–Crippen LogP) is 2.35. The molecule has 0 aromatic carbocycles. The lowest BCUT2D eigenvalue weighted by molar-refractivity contribution is -0.145. The molecule has 0 spiro atoms. The van der Waals surface area contributed by atoms with Crippen molar-refractivity contribution in [3.8, 4) is 0 Å². The van der Waals surface area contributed by atoms with Crippen LogP contribution in [-0.4, -0.2) is 56.2 Å². The van der Waals surface area contributed by atoms with Crippen molar-refractivity contribution in [1.29, 1.82) is 0 Å². The Labute approximate surface area is 156 Å². The van der Waals surface area contributed by atoms with Gasteiger partial charge in [-0.15, -0.1) is 0 Å². The number of ether oxygens (including phenoxy) is 4. The fourth-order valence-corrected chi connectivity index (χ4v) is 2.76. The number of nitrogens with zero attached hydrogens (tertiary/aromatic N) is 1. The highest BCUT2D eigenvalue weighted by atomic mass is 35.5. The number of rotatable bonds is 15. The molecular formula is C16H26ClNO6S. The van der Waals surface area contributed by atoms with Gasteiger partial charge >= 0.3 is 5.97 Å². The molecule has 1 rings (SSSR count). The van der Waals surface area contributed by atoms with Gasteiger partial charge in [0.15, 0.2) is 0 Å². The van der Waals surface area contributed by atoms with E-state index in [1.54, 1.807) is 3.96 Å². The van der Waals surface area contributed by atoms with Crippen LogP contribution in [0.3, 0.4) is 0 Å². The normalized spacial score (nSPS) is 11.0. The van der Waals surface area contributed by atoms with Crippen LogP contribution in [0.25, 0.3) is 0 Å². The Morgan fingerprint density at radius 1 is 1.08 bits per heavy atom. The van der Waals surface area contributed by atoms with E-state index < -0.39 is 0 Å². The van der Waals surface area contributed by atoms with Crippen molar-refractivity contribution in [2.45, 2.75) is 32.7 Å². The molecular weight excluding hydrogens is 370 g/mol. The number of unbranched alkanes of at least 4 members (excludes halogenated alkanes) is 1. The molecule has 0 aliphatic carbocycles. The Hall–Kier alpha value is -0.930. The second-order valence-corrected chi connectivity index (χ2v) is 6.84. The minimum atomic E-state index is -0.228. The Kier molecular flexibility index (Phi) is 12.6. The van der Waals surface area contributed by atoms with Crippen molar-refractivity contribution in [2.75, 3.05) is 46.2 Å². The van der Waals surface area contributed by atoms with Crippen LogP contribution >= 0.6 is 23.1 Å². The van der Waals surface area contributed by atoms with E-state index in [4.69, 9.17) is 30.5 Å². The molecule has 0 atom stereocenters. The van der Waals surface area contributed by atoms with E-state index in [0.717, 1.165) is 12.8 Å². The summed E-state index contributed by atoms with van der Waals surface area (Å²) in [6.07, 6.45) is 2.16. The minimum Gasteiger partial charge on any atom is -0.466 e. The molecule has 25 heavy (non-hydrogen) atoms. The molecule has 1 aromatic rings. The van der Waals surface area contributed by atoms with E-state index in [9.17, 15) is 9.59 Å². The molecule has 0 radical (unpaired) electrons. The third kappa shape index (κ3) is 11.3. The molecule has 144 valence electrons. The standard InChI is InChI=1S/C16H26ClNO6S/c1-2-3-6-24-16(20)4-7-21-9-11-23-12-10-22-8-5-18-15(19)13-14(17)25-18/h13H,2-12H2,1H3. The van der Waals surface area contributed by atoms with E-state index in [0.29, 0.717) is 57.1 Å². The third-order valence-electron chi connectivity index (χ3n) is 3.07. The number of aromatic nitrogens is 1. The van der Waals surface area contributed by atoms with Gasteiger partial charge in [-0.25, -0.2) is 0 Å². The van der Waals surface area contributed by atoms with Gasteiger partial charge in [-0.05, 0) is 18.0 Å². The van der Waals surface area contributed by atoms with Crippen molar-refractivity contribution in [3.05, 3.63) is 20.8 Å². The monoisotopic (exact) mass is 395 g/mol. The minimum absolute atomic E-state index is 0.110. The van der Waals surface area contributed by atoms with Crippen LogP contribution in [0.4, 0.5) is 0 Å². The number of hydrogen-bond donors (Lipinski definition) is 0. The van der Waals surface area contributed by atoms with Crippen LogP contribution in [0, 0.1) is 0 Å². The van der Waals surface area contributed by atoms with Crippen molar-refractivity contribution in [3.63, 3.8) is 0 Å². The lowest BCUT2D eigenvalue weighted by atomic mass is 10.4. The molecule has 0 amide bonds. The van der Waals surface area contributed by atoms with Gasteiger partial charge in [0.1, 0.15) is 4.34 Å². The van der Waals surface area contributed by atoms with Gasteiger partial charge in [-0.3, -0.25) is 13.5 Å². The summed E-state index contributed by atoms with van der Waals surface area (Å²) in [7, 11) is 0. The molecule has 0 aliphatic rings. The quantitative estimate of drug-likeness (QED) is 0.335. The van der Waals surface area contributed by atoms with Gasteiger partial charge in [-0.2, -0.15) is 0 Å². The molecule has 0 fully saturated rings. The first kappa shape index (κ1) is 22.1. The van der Waals surface area contributed by atoms with E-state index in [1.807, 2.05) is 6.92 Å². The SMILES string of the molecule is CCCCOC(=O)CCOCCOCCOCCn1sc(Cl)cc1=O. The van der Waals surface area contributed by atoms with Gasteiger partial charge in [0.2, 0.25) is 0 Å². The number of halogens is 1. The molecule has 0 saturated carbocycles. The van der Waals surface area contributed by atoms with Crippen LogP contribution in [0.15, 0.2) is 10.9 Å². The summed E-state index contributed by atoms with van der Waals surface area (Å²) in [5, 5.41) is 0. The zero-order chi connectivity index (χ0) is 18.3. The predicted molar refractivity (Wildman–Crippen MR) is 96.5 cm³/mol. The molecule has 0 N–H and O–H groups in total. The fourth-order valence-electron chi connectivity index (χ4n) is 1.75. The van der Waals surface area contributed by atoms with Gasteiger partial charge < -0.3 is 18.9 Å². The summed E-state index contributed by atoms with van der Waals surface area (Å²) >= 11 is 6.95. The van der Waals surface area contributed by atoms with Crippen molar-refractivity contribution >= 4 is 29.1 Å². The van der Waals surface area contributed by atoms with Crippen LogP contribution in [0.5, 0.6) is 0 Å². The molecule has 1 aromatic heterocycles. The molecule has 0 saturated heterocycles. The van der Waals surface area contributed by atoms with E-state index in [2.05, 4.69) is 0 Å². The summed E-state index contributed by atoms with van der Waals surface area (Å²) in [5.74, 6) is -0.228. The van der Waals surface area contributed by atoms with E-state index in [1.165, 1.54) is 17.6 Å².